The van der Waals surface area contributed by atoms with Gasteiger partial charge in [-0.25, -0.2) is 14.4 Å². The number of alkyl halides is 3. The number of hydrogen-bond donors (Lipinski definition) is 4. The standard InChI is InChI=1S/C30H28F4N4O5/c1-15(39)21-9-6-17-10-18(11-22(42-3)24(17)37-21)27(40)36-13-29(41,30(32,33)34)23-12-20-26(43-14-28(20,2)35)25(38-23)16-4-7-19(31)8-5-16/h4-12,15,39,41H,13-14,35H2,1-3H3,(H,36,40)/t15?,28-,29?/m1/s1. The third-order valence-corrected chi connectivity index (χ3v) is 7.31. The zero-order valence-electron chi connectivity index (χ0n) is 23.3. The highest BCUT2D eigenvalue weighted by Gasteiger charge is 2.57. The molecule has 0 aliphatic carbocycles. The molecule has 0 spiro atoms. The molecule has 3 atom stereocenters. The van der Waals surface area contributed by atoms with Gasteiger partial charge < -0.3 is 30.7 Å². The van der Waals surface area contributed by atoms with Gasteiger partial charge in [0.15, 0.2) is 5.75 Å². The van der Waals surface area contributed by atoms with Gasteiger partial charge in [0.25, 0.3) is 5.91 Å². The van der Waals surface area contributed by atoms with E-state index in [9.17, 15) is 32.6 Å². The molecular weight excluding hydrogens is 572 g/mol. The average Bonchev–Trinajstić information content (AvgIpc) is 3.28. The van der Waals surface area contributed by atoms with Gasteiger partial charge in [-0.2, -0.15) is 13.2 Å². The maximum atomic E-state index is 14.6. The fourth-order valence-corrected chi connectivity index (χ4v) is 4.80. The average molecular weight is 601 g/mol. The number of aliphatic hydroxyl groups is 2. The van der Waals surface area contributed by atoms with Crippen molar-refractivity contribution in [3.8, 4) is 22.8 Å². The molecule has 1 aliphatic rings. The Morgan fingerprint density at radius 2 is 1.86 bits per heavy atom. The van der Waals surface area contributed by atoms with Crippen LogP contribution in [0, 0.1) is 5.82 Å². The molecule has 3 heterocycles. The molecule has 5 rings (SSSR count). The van der Waals surface area contributed by atoms with Gasteiger partial charge in [-0.15, -0.1) is 0 Å². The van der Waals surface area contributed by atoms with Crippen LogP contribution in [0.1, 0.15) is 47.3 Å². The number of benzene rings is 2. The van der Waals surface area contributed by atoms with Crippen molar-refractivity contribution >= 4 is 16.8 Å². The number of ether oxygens (including phenoxy) is 2. The van der Waals surface area contributed by atoms with E-state index in [0.29, 0.717) is 16.6 Å². The summed E-state index contributed by atoms with van der Waals surface area (Å²) in [4.78, 5) is 21.6. The highest BCUT2D eigenvalue weighted by atomic mass is 19.4. The van der Waals surface area contributed by atoms with Crippen LogP contribution in [-0.4, -0.2) is 52.5 Å². The van der Waals surface area contributed by atoms with E-state index < -0.39 is 47.4 Å². The lowest BCUT2D eigenvalue weighted by atomic mass is 9.89. The number of methoxy groups -OCH3 is 1. The zero-order valence-corrected chi connectivity index (χ0v) is 23.3. The smallest absolute Gasteiger partial charge is 0.424 e. The lowest BCUT2D eigenvalue weighted by Crippen LogP contribution is -2.51. The summed E-state index contributed by atoms with van der Waals surface area (Å²) >= 11 is 0. The summed E-state index contributed by atoms with van der Waals surface area (Å²) in [5.41, 5.74) is 1.57. The number of amides is 1. The summed E-state index contributed by atoms with van der Waals surface area (Å²) in [7, 11) is 1.34. The van der Waals surface area contributed by atoms with Gasteiger partial charge in [0.2, 0.25) is 5.60 Å². The number of carbonyl (C=O) groups excluding carboxylic acids is 1. The maximum absolute atomic E-state index is 14.6. The fourth-order valence-electron chi connectivity index (χ4n) is 4.80. The number of pyridine rings is 2. The van der Waals surface area contributed by atoms with E-state index in [2.05, 4.69) is 15.3 Å². The van der Waals surface area contributed by atoms with Crippen LogP contribution >= 0.6 is 0 Å². The van der Waals surface area contributed by atoms with Crippen molar-refractivity contribution in [3.63, 3.8) is 0 Å². The quantitative estimate of drug-likeness (QED) is 0.231. The van der Waals surface area contributed by atoms with Gasteiger partial charge in [0, 0.05) is 22.1 Å². The molecule has 2 aromatic heterocycles. The van der Waals surface area contributed by atoms with E-state index in [4.69, 9.17) is 15.2 Å². The number of nitrogens with one attached hydrogen (secondary N) is 1. The second kappa shape index (κ2) is 10.7. The minimum absolute atomic E-state index is 0.0580. The molecule has 0 saturated carbocycles. The van der Waals surface area contributed by atoms with Crippen molar-refractivity contribution in [2.75, 3.05) is 20.3 Å². The highest BCUT2D eigenvalue weighted by Crippen LogP contribution is 2.46. The fraction of sp³-hybridized carbons (Fsp3) is 0.300. The predicted octanol–water partition coefficient (Wildman–Crippen LogP) is 4.24. The molecule has 226 valence electrons. The number of nitrogens with zero attached hydrogens (tertiary/aromatic N) is 2. The Bertz CT molecular complexity index is 1710. The monoisotopic (exact) mass is 600 g/mol. The molecular formula is C30H28F4N4O5. The number of hydrogen-bond acceptors (Lipinski definition) is 8. The number of carbonyl (C=O) groups is 1. The molecule has 0 bridgehead atoms. The van der Waals surface area contributed by atoms with Crippen LogP contribution < -0.4 is 20.5 Å². The maximum Gasteiger partial charge on any atom is 0.424 e. The van der Waals surface area contributed by atoms with Crippen molar-refractivity contribution in [2.45, 2.75) is 37.3 Å². The summed E-state index contributed by atoms with van der Waals surface area (Å²) in [6.07, 6.45) is -6.16. The van der Waals surface area contributed by atoms with Crippen LogP contribution in [0.5, 0.6) is 11.5 Å². The zero-order chi connectivity index (χ0) is 31.3. The molecule has 13 heteroatoms. The predicted molar refractivity (Wildman–Crippen MR) is 148 cm³/mol. The van der Waals surface area contributed by atoms with E-state index in [1.807, 2.05) is 0 Å². The third-order valence-electron chi connectivity index (χ3n) is 7.31. The van der Waals surface area contributed by atoms with Gasteiger partial charge in [-0.1, -0.05) is 6.07 Å². The third kappa shape index (κ3) is 5.46. The Labute approximate surface area is 243 Å². The summed E-state index contributed by atoms with van der Waals surface area (Å²) < 4.78 is 68.4. The number of fused-ring (bicyclic) bond motifs is 2. The largest absolute Gasteiger partial charge is 0.494 e. The first kappa shape index (κ1) is 30.1. The summed E-state index contributed by atoms with van der Waals surface area (Å²) in [6, 6.07) is 11.7. The van der Waals surface area contributed by atoms with Crippen molar-refractivity contribution < 1.29 is 42.0 Å². The lowest BCUT2D eigenvalue weighted by molar-refractivity contribution is -0.265. The lowest BCUT2D eigenvalue weighted by Gasteiger charge is -2.31. The molecule has 0 fully saturated rings. The van der Waals surface area contributed by atoms with Crippen molar-refractivity contribution in [1.29, 1.82) is 0 Å². The molecule has 9 nitrogen and oxygen atoms in total. The molecule has 43 heavy (non-hydrogen) atoms. The Balaban J connectivity index is 1.54. The van der Waals surface area contributed by atoms with Crippen molar-refractivity contribution in [2.24, 2.45) is 5.73 Å². The van der Waals surface area contributed by atoms with E-state index in [-0.39, 0.29) is 40.5 Å². The molecule has 0 saturated heterocycles. The van der Waals surface area contributed by atoms with E-state index >= 15 is 0 Å². The highest BCUT2D eigenvalue weighted by molar-refractivity contribution is 6.00. The van der Waals surface area contributed by atoms with Gasteiger partial charge in [-0.3, -0.25) is 4.79 Å². The van der Waals surface area contributed by atoms with Gasteiger partial charge in [0.05, 0.1) is 36.7 Å². The second-order valence-electron chi connectivity index (χ2n) is 10.6. The van der Waals surface area contributed by atoms with Crippen LogP contribution in [0.3, 0.4) is 0 Å². The van der Waals surface area contributed by atoms with E-state index in [0.717, 1.165) is 18.2 Å². The SMILES string of the molecule is COc1cc(C(=O)NCC(O)(c2cc3c(c(-c4ccc(F)cc4)n2)OC[C@@]3(C)N)C(F)(F)F)cc2ccc(C(C)O)nc12. The summed E-state index contributed by atoms with van der Waals surface area (Å²) in [6.45, 7) is 1.72. The summed E-state index contributed by atoms with van der Waals surface area (Å²) in [5.74, 6) is -1.23. The van der Waals surface area contributed by atoms with Gasteiger partial charge in [0.1, 0.15) is 29.4 Å². The van der Waals surface area contributed by atoms with Crippen LogP contribution in [0.2, 0.25) is 0 Å². The van der Waals surface area contributed by atoms with E-state index in [1.165, 1.54) is 38.3 Å². The topological polar surface area (TPSA) is 140 Å². The molecule has 5 N–H and O–H groups in total. The first-order chi connectivity index (χ1) is 20.1. The Kier molecular flexibility index (Phi) is 7.53. The van der Waals surface area contributed by atoms with Crippen LogP contribution in [0.15, 0.2) is 54.6 Å². The second-order valence-corrected chi connectivity index (χ2v) is 10.6. The number of rotatable bonds is 7. The van der Waals surface area contributed by atoms with Crippen LogP contribution in [-0.2, 0) is 11.1 Å². The van der Waals surface area contributed by atoms with Gasteiger partial charge in [-0.05, 0) is 62.4 Å². The first-order valence-corrected chi connectivity index (χ1v) is 13.1. The number of aliphatic hydroxyl groups excluding tert-OH is 1. The van der Waals surface area contributed by atoms with Crippen LogP contribution in [0.25, 0.3) is 22.2 Å². The summed E-state index contributed by atoms with van der Waals surface area (Å²) in [5, 5.41) is 23.6. The number of halogens is 4. The molecule has 1 aliphatic heterocycles. The van der Waals surface area contributed by atoms with Crippen molar-refractivity contribution in [3.05, 3.63) is 82.9 Å². The molecule has 0 radical (unpaired) electrons. The van der Waals surface area contributed by atoms with Crippen molar-refractivity contribution in [1.82, 2.24) is 15.3 Å². The minimum Gasteiger partial charge on any atom is -0.494 e. The minimum atomic E-state index is -5.30. The molecule has 2 aromatic carbocycles. The normalized spacial score (nSPS) is 18.5. The number of nitrogens with two attached hydrogens (primary N) is 1. The number of aromatic nitrogens is 2. The molecule has 2 unspecified atom stereocenters. The van der Waals surface area contributed by atoms with Gasteiger partial charge >= 0.3 is 6.18 Å². The Morgan fingerprint density at radius 3 is 2.49 bits per heavy atom. The van der Waals surface area contributed by atoms with Crippen LogP contribution in [0.4, 0.5) is 17.6 Å². The van der Waals surface area contributed by atoms with E-state index in [1.54, 1.807) is 19.1 Å². The molecule has 4 aromatic rings. The first-order valence-electron chi connectivity index (χ1n) is 13.1. The molecule has 1 amide bonds. The Morgan fingerprint density at radius 1 is 1.16 bits per heavy atom. The Hall–Kier alpha value is -4.33.